The van der Waals surface area contributed by atoms with E-state index in [-0.39, 0.29) is 0 Å². The Morgan fingerprint density at radius 3 is 2.00 bits per heavy atom. The summed E-state index contributed by atoms with van der Waals surface area (Å²) in [5, 5.41) is 0. The first-order valence-corrected chi connectivity index (χ1v) is 11.6. The van der Waals surface area contributed by atoms with Crippen LogP contribution in [0.4, 0.5) is 0 Å². The molecule has 2 aromatic rings. The zero-order valence-electron chi connectivity index (χ0n) is 19.7. The molecular weight excluding hydrogens is 348 g/mol. The minimum absolute atomic E-state index is 0.599. The highest BCUT2D eigenvalue weighted by atomic mass is 14.2. The van der Waals surface area contributed by atoms with Crippen molar-refractivity contribution in [3.63, 3.8) is 0 Å². The molecule has 1 unspecified atom stereocenters. The second kappa shape index (κ2) is 11.4. The van der Waals surface area contributed by atoms with E-state index >= 15 is 0 Å². The normalized spacial score (nSPS) is 14.4. The maximum atomic E-state index is 4.38. The van der Waals surface area contributed by atoms with Gasteiger partial charge in [0.1, 0.15) is 0 Å². The summed E-state index contributed by atoms with van der Waals surface area (Å²) in [7, 11) is 0. The Labute approximate surface area is 180 Å². The number of aryl methyl sites for hydroxylation is 2. The number of hydrogen-bond acceptors (Lipinski definition) is 0. The van der Waals surface area contributed by atoms with E-state index in [4.69, 9.17) is 0 Å². The third kappa shape index (κ3) is 7.18. The van der Waals surface area contributed by atoms with Crippen molar-refractivity contribution in [2.75, 3.05) is 0 Å². The molecule has 0 nitrogen and oxygen atoms in total. The van der Waals surface area contributed by atoms with Gasteiger partial charge in [-0.25, -0.2) is 0 Å². The van der Waals surface area contributed by atoms with Gasteiger partial charge in [0, 0.05) is 0 Å². The number of rotatable bonds is 11. The van der Waals surface area contributed by atoms with Gasteiger partial charge in [-0.2, -0.15) is 0 Å². The van der Waals surface area contributed by atoms with E-state index in [0.29, 0.717) is 17.8 Å². The van der Waals surface area contributed by atoms with E-state index in [1.165, 1.54) is 65.5 Å². The van der Waals surface area contributed by atoms with Crippen molar-refractivity contribution in [1.29, 1.82) is 0 Å². The maximum Gasteiger partial charge on any atom is -0.00645 e. The summed E-state index contributed by atoms with van der Waals surface area (Å²) in [4.78, 5) is 0. The van der Waals surface area contributed by atoms with Gasteiger partial charge in [-0.3, -0.25) is 0 Å². The minimum atomic E-state index is 0.599. The van der Waals surface area contributed by atoms with Crippen molar-refractivity contribution in [2.24, 2.45) is 5.92 Å². The van der Waals surface area contributed by atoms with Crippen LogP contribution >= 0.6 is 0 Å². The minimum Gasteiger partial charge on any atom is -0.0993 e. The predicted octanol–water partition coefficient (Wildman–Crippen LogP) is 8.92. The summed E-state index contributed by atoms with van der Waals surface area (Å²) in [6, 6.07) is 16.2. The maximum absolute atomic E-state index is 4.38. The van der Waals surface area contributed by atoms with E-state index < -0.39 is 0 Å². The van der Waals surface area contributed by atoms with E-state index in [9.17, 15) is 0 Å². The van der Waals surface area contributed by atoms with Gasteiger partial charge in [-0.15, -0.1) is 0 Å². The highest BCUT2D eigenvalue weighted by Gasteiger charge is 2.13. The Bertz CT molecular complexity index is 765. The molecule has 0 amide bonds. The van der Waals surface area contributed by atoms with Gasteiger partial charge in [-0.1, -0.05) is 101 Å². The molecule has 0 saturated heterocycles. The molecule has 0 saturated carbocycles. The lowest BCUT2D eigenvalue weighted by atomic mass is 9.86. The lowest BCUT2D eigenvalue weighted by Gasteiger charge is -2.19. The average molecular weight is 391 g/mol. The van der Waals surface area contributed by atoms with Crippen molar-refractivity contribution in [3.8, 4) is 0 Å². The molecular formula is C29H42. The lowest BCUT2D eigenvalue weighted by molar-refractivity contribution is 0.563. The Morgan fingerprint density at radius 1 is 0.828 bits per heavy atom. The van der Waals surface area contributed by atoms with Crippen LogP contribution < -0.4 is 0 Å². The van der Waals surface area contributed by atoms with Crippen molar-refractivity contribution < 1.29 is 0 Å². The Balaban J connectivity index is 1.92. The van der Waals surface area contributed by atoms with Crippen molar-refractivity contribution >= 4 is 0 Å². The fourth-order valence-corrected chi connectivity index (χ4v) is 4.09. The van der Waals surface area contributed by atoms with Crippen LogP contribution in [0.15, 0.2) is 54.6 Å². The molecule has 0 radical (unpaired) electrons. The Hall–Kier alpha value is -1.82. The average Bonchev–Trinajstić information content (AvgIpc) is 2.71. The Kier molecular flexibility index (Phi) is 9.21. The van der Waals surface area contributed by atoms with Gasteiger partial charge in [0.05, 0.1) is 0 Å². The summed E-state index contributed by atoms with van der Waals surface area (Å²) < 4.78 is 0. The first kappa shape index (κ1) is 23.5. The van der Waals surface area contributed by atoms with Crippen LogP contribution in [0, 0.1) is 19.8 Å². The van der Waals surface area contributed by atoms with Gasteiger partial charge in [0.2, 0.25) is 0 Å². The second-order valence-electron chi connectivity index (χ2n) is 9.35. The van der Waals surface area contributed by atoms with Gasteiger partial charge in [0.15, 0.2) is 0 Å². The third-order valence-corrected chi connectivity index (χ3v) is 6.72. The summed E-state index contributed by atoms with van der Waals surface area (Å²) in [5.41, 5.74) is 8.53. The number of allylic oxidation sites excluding steroid dienone is 1. The van der Waals surface area contributed by atoms with E-state index in [1.807, 2.05) is 0 Å². The van der Waals surface area contributed by atoms with Crippen LogP contribution in [0.2, 0.25) is 0 Å². The second-order valence-corrected chi connectivity index (χ2v) is 9.35. The lowest BCUT2D eigenvalue weighted by Crippen LogP contribution is -2.04. The number of hydrogen-bond donors (Lipinski definition) is 0. The molecule has 0 N–H and O–H groups in total. The van der Waals surface area contributed by atoms with Crippen LogP contribution in [0.3, 0.4) is 0 Å². The molecule has 0 aliphatic carbocycles. The first-order chi connectivity index (χ1) is 13.8. The zero-order valence-corrected chi connectivity index (χ0v) is 19.7. The molecule has 0 aliphatic heterocycles. The van der Waals surface area contributed by atoms with E-state index in [0.717, 1.165) is 6.42 Å². The molecule has 29 heavy (non-hydrogen) atoms. The van der Waals surface area contributed by atoms with E-state index in [2.05, 4.69) is 90.6 Å². The largest absolute Gasteiger partial charge is 0.0993 e. The molecule has 0 bridgehead atoms. The standard InChI is InChI=1S/C29H42/c1-8-9-10-22(3)25(6)19-29-18-17-28(20-26(29)7)24(5)14-13-23(4)27-15-11-21(2)12-16-27/h11-12,15-18,20,22-24H,6,8-10,13-14,19H2,1-5,7H3/t22-,23+,24?/m0/s1. The van der Waals surface area contributed by atoms with Crippen LogP contribution in [0.5, 0.6) is 0 Å². The topological polar surface area (TPSA) is 0 Å². The van der Waals surface area contributed by atoms with Gasteiger partial charge < -0.3 is 0 Å². The molecule has 2 rings (SSSR count). The predicted molar refractivity (Wildman–Crippen MR) is 130 cm³/mol. The SMILES string of the molecule is C=C(Cc1ccc(C(C)CC[C@@H](C)c2ccc(C)cc2)cc1C)[C@@H](C)CCCC. The zero-order chi connectivity index (χ0) is 21.4. The van der Waals surface area contributed by atoms with Crippen LogP contribution in [-0.2, 0) is 6.42 Å². The van der Waals surface area contributed by atoms with Crippen molar-refractivity contribution in [3.05, 3.63) is 82.4 Å². The van der Waals surface area contributed by atoms with Crippen LogP contribution in [0.25, 0.3) is 0 Å². The van der Waals surface area contributed by atoms with Crippen LogP contribution in [-0.4, -0.2) is 0 Å². The summed E-state index contributed by atoms with van der Waals surface area (Å²) in [6.45, 7) is 18.1. The quantitative estimate of drug-likeness (QED) is 0.336. The molecule has 0 heterocycles. The Morgan fingerprint density at radius 2 is 1.41 bits per heavy atom. The number of unbranched alkanes of at least 4 members (excludes halogenated alkanes) is 1. The first-order valence-electron chi connectivity index (χ1n) is 11.6. The monoisotopic (exact) mass is 390 g/mol. The molecule has 0 heteroatoms. The van der Waals surface area contributed by atoms with Gasteiger partial charge >= 0.3 is 0 Å². The fraction of sp³-hybridized carbons (Fsp3) is 0.517. The molecule has 0 fully saturated rings. The van der Waals surface area contributed by atoms with Gasteiger partial charge in [-0.05, 0) is 79.5 Å². The third-order valence-electron chi connectivity index (χ3n) is 6.72. The highest BCUT2D eigenvalue weighted by molar-refractivity contribution is 5.35. The summed E-state index contributed by atoms with van der Waals surface area (Å²) in [6.07, 6.45) is 7.33. The van der Waals surface area contributed by atoms with Crippen molar-refractivity contribution in [1.82, 2.24) is 0 Å². The summed E-state index contributed by atoms with van der Waals surface area (Å²) in [5.74, 6) is 1.84. The fourth-order valence-electron chi connectivity index (χ4n) is 4.09. The van der Waals surface area contributed by atoms with Crippen molar-refractivity contribution in [2.45, 2.75) is 91.9 Å². The van der Waals surface area contributed by atoms with Gasteiger partial charge in [0.25, 0.3) is 0 Å². The molecule has 2 aromatic carbocycles. The van der Waals surface area contributed by atoms with E-state index in [1.54, 1.807) is 0 Å². The van der Waals surface area contributed by atoms with Crippen LogP contribution in [0.1, 0.15) is 99.5 Å². The smallest absolute Gasteiger partial charge is 0.00645 e. The molecule has 158 valence electrons. The molecule has 0 aliphatic rings. The number of benzene rings is 2. The molecule has 3 atom stereocenters. The summed E-state index contributed by atoms with van der Waals surface area (Å²) >= 11 is 0. The molecule has 0 spiro atoms. The highest BCUT2D eigenvalue weighted by Crippen LogP contribution is 2.30. The molecule has 0 aromatic heterocycles.